The molecule has 1 heterocycles. The maximum Gasteiger partial charge on any atom is 0.192 e. The minimum Gasteiger partial charge on any atom is -0.411 e. The Morgan fingerprint density at radius 1 is 1.15 bits per heavy atom. The molecule has 0 aliphatic carbocycles. The molecule has 20 heavy (non-hydrogen) atoms. The molecule has 2 aromatic rings. The van der Waals surface area contributed by atoms with E-state index in [1.54, 1.807) is 0 Å². The molecule has 0 saturated carbocycles. The van der Waals surface area contributed by atoms with Crippen LogP contribution in [0.3, 0.4) is 0 Å². The number of hydrogen-bond donors (Lipinski definition) is 0. The Labute approximate surface area is 130 Å². The smallest absolute Gasteiger partial charge is 0.192 e. The molecule has 0 N–H and O–H groups in total. The summed E-state index contributed by atoms with van der Waals surface area (Å²) in [6.45, 7) is 11.9. The third kappa shape index (κ3) is 3.13. The standard InChI is InChI=1S/C16H22BrNOSi/c1-16(2,3)20(4,5)19-11-15-13-9-7-6-8-12(13)14(17)10-18-15/h6-10H,11H2,1-5H3. The third-order valence-corrected chi connectivity index (χ3v) is 9.32. The number of fused-ring (bicyclic) bond motifs is 1. The van der Waals surface area contributed by atoms with Gasteiger partial charge in [0.2, 0.25) is 0 Å². The van der Waals surface area contributed by atoms with Gasteiger partial charge in [0.15, 0.2) is 8.32 Å². The lowest BCUT2D eigenvalue weighted by Gasteiger charge is -2.36. The van der Waals surface area contributed by atoms with Gasteiger partial charge < -0.3 is 4.43 Å². The zero-order valence-electron chi connectivity index (χ0n) is 12.8. The Morgan fingerprint density at radius 2 is 1.75 bits per heavy atom. The predicted molar refractivity (Wildman–Crippen MR) is 91.4 cm³/mol. The van der Waals surface area contributed by atoms with E-state index in [9.17, 15) is 0 Å². The van der Waals surface area contributed by atoms with Gasteiger partial charge in [0.25, 0.3) is 0 Å². The van der Waals surface area contributed by atoms with Gasteiger partial charge in [-0.3, -0.25) is 4.98 Å². The first-order valence-electron chi connectivity index (χ1n) is 6.88. The summed E-state index contributed by atoms with van der Waals surface area (Å²) in [7, 11) is -1.74. The Morgan fingerprint density at radius 3 is 2.35 bits per heavy atom. The SMILES string of the molecule is CC(C)(C)[Si](C)(C)OCc1ncc(Br)c2ccccc12. The van der Waals surface area contributed by atoms with Crippen molar-refractivity contribution in [1.82, 2.24) is 4.98 Å². The van der Waals surface area contributed by atoms with Gasteiger partial charge >= 0.3 is 0 Å². The molecule has 108 valence electrons. The highest BCUT2D eigenvalue weighted by atomic mass is 79.9. The van der Waals surface area contributed by atoms with Crippen LogP contribution in [0.4, 0.5) is 0 Å². The monoisotopic (exact) mass is 351 g/mol. The summed E-state index contributed by atoms with van der Waals surface area (Å²) in [5.74, 6) is 0. The van der Waals surface area contributed by atoms with Crippen LogP contribution in [0, 0.1) is 0 Å². The highest BCUT2D eigenvalue weighted by Crippen LogP contribution is 2.37. The van der Waals surface area contributed by atoms with Gasteiger partial charge in [-0.15, -0.1) is 0 Å². The lowest BCUT2D eigenvalue weighted by atomic mass is 10.1. The van der Waals surface area contributed by atoms with Gasteiger partial charge in [-0.25, -0.2) is 0 Å². The molecule has 0 radical (unpaired) electrons. The van der Waals surface area contributed by atoms with Crippen LogP contribution in [-0.4, -0.2) is 13.3 Å². The first-order valence-corrected chi connectivity index (χ1v) is 10.6. The van der Waals surface area contributed by atoms with Crippen LogP contribution in [-0.2, 0) is 11.0 Å². The minimum absolute atomic E-state index is 0.220. The molecule has 0 saturated heterocycles. The molecule has 0 spiro atoms. The second-order valence-corrected chi connectivity index (χ2v) is 12.3. The molecule has 0 aliphatic rings. The Hall–Kier alpha value is -0.713. The van der Waals surface area contributed by atoms with Crippen LogP contribution in [0.2, 0.25) is 18.1 Å². The van der Waals surface area contributed by atoms with Gasteiger partial charge in [-0.05, 0) is 39.4 Å². The summed E-state index contributed by atoms with van der Waals surface area (Å²) in [5.41, 5.74) is 1.02. The van der Waals surface area contributed by atoms with Crippen molar-refractivity contribution in [2.24, 2.45) is 0 Å². The summed E-state index contributed by atoms with van der Waals surface area (Å²) in [6, 6.07) is 8.31. The van der Waals surface area contributed by atoms with Crippen molar-refractivity contribution in [3.8, 4) is 0 Å². The van der Waals surface area contributed by atoms with Crippen LogP contribution >= 0.6 is 15.9 Å². The molecule has 4 heteroatoms. The molecule has 0 aliphatic heterocycles. The molecule has 0 fully saturated rings. The molecule has 2 nitrogen and oxygen atoms in total. The van der Waals surface area contributed by atoms with Crippen LogP contribution in [0.25, 0.3) is 10.8 Å². The number of pyridine rings is 1. The van der Waals surface area contributed by atoms with Crippen molar-refractivity contribution < 1.29 is 4.43 Å². The second-order valence-electron chi connectivity index (χ2n) is 6.65. The normalized spacial score (nSPS) is 12.9. The molecular weight excluding hydrogens is 330 g/mol. The zero-order chi connectivity index (χ0) is 15.0. The van der Waals surface area contributed by atoms with Crippen molar-refractivity contribution in [3.05, 3.63) is 40.6 Å². The van der Waals surface area contributed by atoms with Gasteiger partial charge in [-0.1, -0.05) is 45.0 Å². The average Bonchev–Trinajstić information content (AvgIpc) is 2.37. The van der Waals surface area contributed by atoms with Crippen LogP contribution in [0.15, 0.2) is 34.9 Å². The molecule has 0 amide bonds. The quantitative estimate of drug-likeness (QED) is 0.679. The Kier molecular flexibility index (Phi) is 4.37. The van der Waals surface area contributed by atoms with Crippen LogP contribution in [0.1, 0.15) is 26.5 Å². The summed E-state index contributed by atoms with van der Waals surface area (Å²) in [4.78, 5) is 4.54. The van der Waals surface area contributed by atoms with Gasteiger partial charge in [-0.2, -0.15) is 0 Å². The highest BCUT2D eigenvalue weighted by Gasteiger charge is 2.37. The fourth-order valence-corrected chi connectivity index (χ4v) is 3.18. The van der Waals surface area contributed by atoms with E-state index in [2.05, 4.69) is 66.9 Å². The minimum atomic E-state index is -1.74. The van der Waals surface area contributed by atoms with E-state index in [1.165, 1.54) is 10.8 Å². The fourth-order valence-electron chi connectivity index (χ4n) is 1.80. The summed E-state index contributed by atoms with van der Waals surface area (Å²) in [5, 5.41) is 2.58. The van der Waals surface area contributed by atoms with Gasteiger partial charge in [0.1, 0.15) is 0 Å². The predicted octanol–water partition coefficient (Wildman–Crippen LogP) is 5.52. The van der Waals surface area contributed by atoms with Crippen molar-refractivity contribution >= 4 is 35.0 Å². The lowest BCUT2D eigenvalue weighted by Crippen LogP contribution is -2.40. The van der Waals surface area contributed by atoms with Crippen molar-refractivity contribution in [2.45, 2.75) is 45.5 Å². The molecule has 0 bridgehead atoms. The highest BCUT2D eigenvalue weighted by molar-refractivity contribution is 9.10. The van der Waals surface area contributed by atoms with E-state index in [-0.39, 0.29) is 5.04 Å². The lowest BCUT2D eigenvalue weighted by molar-refractivity contribution is 0.273. The van der Waals surface area contributed by atoms with Crippen molar-refractivity contribution in [3.63, 3.8) is 0 Å². The van der Waals surface area contributed by atoms with E-state index < -0.39 is 8.32 Å². The van der Waals surface area contributed by atoms with E-state index in [0.29, 0.717) is 6.61 Å². The summed E-state index contributed by atoms with van der Waals surface area (Å²) in [6.07, 6.45) is 1.87. The number of hydrogen-bond acceptors (Lipinski definition) is 2. The molecular formula is C16H22BrNOSi. The number of aromatic nitrogens is 1. The van der Waals surface area contributed by atoms with Crippen molar-refractivity contribution in [2.75, 3.05) is 0 Å². The van der Waals surface area contributed by atoms with Crippen molar-refractivity contribution in [1.29, 1.82) is 0 Å². The van der Waals surface area contributed by atoms with Crippen LogP contribution in [0.5, 0.6) is 0 Å². The molecule has 0 unspecified atom stereocenters. The number of rotatable bonds is 3. The summed E-state index contributed by atoms with van der Waals surface area (Å²) < 4.78 is 7.32. The number of nitrogens with zero attached hydrogens (tertiary/aromatic N) is 1. The van der Waals surface area contributed by atoms with E-state index in [4.69, 9.17) is 4.43 Å². The maximum atomic E-state index is 6.29. The topological polar surface area (TPSA) is 22.1 Å². The molecule has 2 rings (SSSR count). The maximum absolute atomic E-state index is 6.29. The van der Waals surface area contributed by atoms with E-state index in [1.807, 2.05) is 18.3 Å². The van der Waals surface area contributed by atoms with E-state index >= 15 is 0 Å². The average molecular weight is 352 g/mol. The van der Waals surface area contributed by atoms with Gasteiger partial charge in [0.05, 0.1) is 12.3 Å². The number of halogens is 1. The van der Waals surface area contributed by atoms with E-state index in [0.717, 1.165) is 10.2 Å². The first-order chi connectivity index (χ1) is 9.22. The molecule has 1 aromatic carbocycles. The largest absolute Gasteiger partial charge is 0.411 e. The first kappa shape index (κ1) is 15.7. The summed E-state index contributed by atoms with van der Waals surface area (Å²) >= 11 is 3.56. The fraction of sp³-hybridized carbons (Fsp3) is 0.438. The Balaban J connectivity index is 2.30. The van der Waals surface area contributed by atoms with Crippen LogP contribution < -0.4 is 0 Å². The molecule has 0 atom stereocenters. The number of benzene rings is 1. The third-order valence-electron chi connectivity index (χ3n) is 4.20. The Bertz CT molecular complexity index is 619. The molecule has 1 aromatic heterocycles. The van der Waals surface area contributed by atoms with Gasteiger partial charge in [0, 0.05) is 16.1 Å². The zero-order valence-corrected chi connectivity index (χ0v) is 15.4. The second kappa shape index (κ2) is 5.58.